The molecule has 1 aromatic carbocycles. The summed E-state index contributed by atoms with van der Waals surface area (Å²) in [6, 6.07) is 9.64. The van der Waals surface area contributed by atoms with Crippen molar-refractivity contribution in [3.05, 3.63) is 59.4 Å². The van der Waals surface area contributed by atoms with Gasteiger partial charge in [-0.15, -0.1) is 0 Å². The lowest BCUT2D eigenvalue weighted by Gasteiger charge is -2.09. The minimum atomic E-state index is -0.138. The molecule has 4 nitrogen and oxygen atoms in total. The normalized spacial score (nSPS) is 10.1. The van der Waals surface area contributed by atoms with Crippen LogP contribution in [0.4, 0.5) is 0 Å². The number of carbonyl (C=O) groups is 1. The number of pyridine rings is 1. The summed E-state index contributed by atoms with van der Waals surface area (Å²) in [5, 5.41) is 2.81. The van der Waals surface area contributed by atoms with Gasteiger partial charge in [-0.2, -0.15) is 0 Å². The molecule has 1 aromatic heterocycles. The fourth-order valence-electron chi connectivity index (χ4n) is 1.92. The van der Waals surface area contributed by atoms with Crippen LogP contribution in [0.25, 0.3) is 0 Å². The van der Waals surface area contributed by atoms with Crippen LogP contribution in [0, 0.1) is 13.8 Å². The minimum Gasteiger partial charge on any atom is -0.484 e. The zero-order valence-electron chi connectivity index (χ0n) is 11.7. The number of ether oxygens (including phenoxy) is 1. The standard InChI is InChI=1S/C16H18N2O2/c1-12-7-13(2)9-15(8-12)20-11-16(19)18-10-14-3-5-17-6-4-14/h3-9H,10-11H2,1-2H3,(H,18,19). The summed E-state index contributed by atoms with van der Waals surface area (Å²) < 4.78 is 5.49. The summed E-state index contributed by atoms with van der Waals surface area (Å²) >= 11 is 0. The smallest absolute Gasteiger partial charge is 0.258 e. The molecule has 0 saturated carbocycles. The Morgan fingerprint density at radius 1 is 1.15 bits per heavy atom. The van der Waals surface area contributed by atoms with Crippen molar-refractivity contribution in [3.63, 3.8) is 0 Å². The molecular weight excluding hydrogens is 252 g/mol. The van der Waals surface area contributed by atoms with E-state index in [1.165, 1.54) is 0 Å². The van der Waals surface area contributed by atoms with Crippen molar-refractivity contribution in [1.29, 1.82) is 0 Å². The molecule has 1 heterocycles. The highest BCUT2D eigenvalue weighted by molar-refractivity contribution is 5.77. The van der Waals surface area contributed by atoms with Crippen molar-refractivity contribution >= 4 is 5.91 Å². The average Bonchev–Trinajstić information content (AvgIpc) is 2.43. The molecule has 0 radical (unpaired) electrons. The highest BCUT2D eigenvalue weighted by Gasteiger charge is 2.03. The Bertz CT molecular complexity index is 562. The molecule has 0 aliphatic heterocycles. The van der Waals surface area contributed by atoms with Crippen molar-refractivity contribution in [3.8, 4) is 5.75 Å². The van der Waals surface area contributed by atoms with E-state index in [-0.39, 0.29) is 12.5 Å². The number of carbonyl (C=O) groups excluding carboxylic acids is 1. The Balaban J connectivity index is 1.80. The SMILES string of the molecule is Cc1cc(C)cc(OCC(=O)NCc2ccncc2)c1. The van der Waals surface area contributed by atoms with Crippen molar-refractivity contribution in [2.75, 3.05) is 6.61 Å². The fourth-order valence-corrected chi connectivity index (χ4v) is 1.92. The van der Waals surface area contributed by atoms with Gasteiger partial charge in [-0.3, -0.25) is 9.78 Å². The third-order valence-electron chi connectivity index (χ3n) is 2.80. The minimum absolute atomic E-state index is 0.0218. The van der Waals surface area contributed by atoms with Gasteiger partial charge in [-0.05, 0) is 54.8 Å². The van der Waals surface area contributed by atoms with Gasteiger partial charge in [0.2, 0.25) is 0 Å². The summed E-state index contributed by atoms with van der Waals surface area (Å²) in [4.78, 5) is 15.6. The first-order valence-corrected chi connectivity index (χ1v) is 6.50. The number of nitrogens with one attached hydrogen (secondary N) is 1. The van der Waals surface area contributed by atoms with Crippen LogP contribution in [0.15, 0.2) is 42.7 Å². The molecule has 0 atom stereocenters. The predicted molar refractivity (Wildman–Crippen MR) is 77.5 cm³/mol. The zero-order chi connectivity index (χ0) is 14.4. The van der Waals surface area contributed by atoms with Crippen LogP contribution in [-0.2, 0) is 11.3 Å². The molecule has 0 unspecified atom stereocenters. The van der Waals surface area contributed by atoms with Crippen LogP contribution in [0.3, 0.4) is 0 Å². The van der Waals surface area contributed by atoms with Crippen LogP contribution in [0.1, 0.15) is 16.7 Å². The quantitative estimate of drug-likeness (QED) is 0.907. The molecule has 4 heteroatoms. The summed E-state index contributed by atoms with van der Waals surface area (Å²) in [7, 11) is 0. The zero-order valence-corrected chi connectivity index (χ0v) is 11.7. The Labute approximate surface area is 118 Å². The van der Waals surface area contributed by atoms with Crippen LogP contribution in [0.2, 0.25) is 0 Å². The lowest BCUT2D eigenvalue weighted by Crippen LogP contribution is -2.28. The maximum atomic E-state index is 11.7. The number of rotatable bonds is 5. The molecule has 104 valence electrons. The summed E-state index contributed by atoms with van der Waals surface area (Å²) in [6.45, 7) is 4.51. The van der Waals surface area contributed by atoms with E-state index >= 15 is 0 Å². The predicted octanol–water partition coefficient (Wildman–Crippen LogP) is 2.39. The van der Waals surface area contributed by atoms with Gasteiger partial charge in [0.15, 0.2) is 6.61 Å². The van der Waals surface area contributed by atoms with E-state index in [9.17, 15) is 4.79 Å². The van der Waals surface area contributed by atoms with E-state index in [4.69, 9.17) is 4.74 Å². The number of nitrogens with zero attached hydrogens (tertiary/aromatic N) is 1. The van der Waals surface area contributed by atoms with Crippen molar-refractivity contribution in [2.24, 2.45) is 0 Å². The topological polar surface area (TPSA) is 51.2 Å². The Morgan fingerprint density at radius 2 is 1.80 bits per heavy atom. The maximum Gasteiger partial charge on any atom is 0.258 e. The summed E-state index contributed by atoms with van der Waals surface area (Å²) in [5.41, 5.74) is 3.26. The first kappa shape index (κ1) is 14.1. The van der Waals surface area contributed by atoms with Gasteiger partial charge < -0.3 is 10.1 Å². The number of hydrogen-bond acceptors (Lipinski definition) is 3. The van der Waals surface area contributed by atoms with Crippen LogP contribution in [0.5, 0.6) is 5.75 Å². The Hall–Kier alpha value is -2.36. The number of amides is 1. The van der Waals surface area contributed by atoms with Crippen molar-refractivity contribution in [1.82, 2.24) is 10.3 Å². The number of aromatic nitrogens is 1. The van der Waals surface area contributed by atoms with Gasteiger partial charge in [0.25, 0.3) is 5.91 Å². The second-order valence-electron chi connectivity index (χ2n) is 4.74. The van der Waals surface area contributed by atoms with E-state index in [2.05, 4.69) is 16.4 Å². The molecule has 1 amide bonds. The first-order chi connectivity index (χ1) is 9.63. The lowest BCUT2D eigenvalue weighted by molar-refractivity contribution is -0.123. The monoisotopic (exact) mass is 270 g/mol. The summed E-state index contributed by atoms with van der Waals surface area (Å²) in [5.74, 6) is 0.586. The van der Waals surface area contributed by atoms with E-state index in [1.54, 1.807) is 12.4 Å². The molecule has 0 aliphatic carbocycles. The lowest BCUT2D eigenvalue weighted by atomic mass is 10.1. The molecule has 20 heavy (non-hydrogen) atoms. The van der Waals surface area contributed by atoms with Gasteiger partial charge in [0, 0.05) is 18.9 Å². The average molecular weight is 270 g/mol. The van der Waals surface area contributed by atoms with Gasteiger partial charge in [-0.1, -0.05) is 6.07 Å². The molecule has 1 N–H and O–H groups in total. The van der Waals surface area contributed by atoms with Gasteiger partial charge in [0.1, 0.15) is 5.75 Å². The van der Waals surface area contributed by atoms with Crippen LogP contribution in [-0.4, -0.2) is 17.5 Å². The molecule has 0 bridgehead atoms. The molecule has 0 spiro atoms. The van der Waals surface area contributed by atoms with E-state index in [0.29, 0.717) is 6.54 Å². The van der Waals surface area contributed by atoms with Crippen molar-refractivity contribution in [2.45, 2.75) is 20.4 Å². The van der Waals surface area contributed by atoms with Gasteiger partial charge >= 0.3 is 0 Å². The molecular formula is C16H18N2O2. The number of aryl methyl sites for hydroxylation is 2. The Morgan fingerprint density at radius 3 is 2.45 bits per heavy atom. The number of benzene rings is 1. The fraction of sp³-hybridized carbons (Fsp3) is 0.250. The largest absolute Gasteiger partial charge is 0.484 e. The van der Waals surface area contributed by atoms with Gasteiger partial charge in [0.05, 0.1) is 0 Å². The molecule has 0 fully saturated rings. The third kappa shape index (κ3) is 4.39. The second kappa shape index (κ2) is 6.70. The molecule has 2 aromatic rings. The van der Waals surface area contributed by atoms with E-state index in [1.807, 2.05) is 38.1 Å². The molecule has 0 aliphatic rings. The summed E-state index contributed by atoms with van der Waals surface area (Å²) in [6.07, 6.45) is 3.40. The maximum absolute atomic E-state index is 11.7. The Kier molecular flexibility index (Phi) is 4.71. The first-order valence-electron chi connectivity index (χ1n) is 6.50. The van der Waals surface area contributed by atoms with Gasteiger partial charge in [-0.25, -0.2) is 0 Å². The van der Waals surface area contributed by atoms with Crippen LogP contribution < -0.4 is 10.1 Å². The second-order valence-corrected chi connectivity index (χ2v) is 4.74. The van der Waals surface area contributed by atoms with E-state index < -0.39 is 0 Å². The highest BCUT2D eigenvalue weighted by atomic mass is 16.5. The van der Waals surface area contributed by atoms with E-state index in [0.717, 1.165) is 22.4 Å². The van der Waals surface area contributed by atoms with Crippen LogP contribution >= 0.6 is 0 Å². The third-order valence-corrected chi connectivity index (χ3v) is 2.80. The highest BCUT2D eigenvalue weighted by Crippen LogP contribution is 2.15. The van der Waals surface area contributed by atoms with Crippen molar-refractivity contribution < 1.29 is 9.53 Å². The molecule has 2 rings (SSSR count). The number of hydrogen-bond donors (Lipinski definition) is 1. The molecule has 0 saturated heterocycles.